The number of allylic oxidation sites excluding steroid dienone is 1. The van der Waals surface area contributed by atoms with Crippen molar-refractivity contribution in [2.45, 2.75) is 0 Å². The second-order valence-corrected chi connectivity index (χ2v) is 5.60. The van der Waals surface area contributed by atoms with E-state index >= 15 is 0 Å². The van der Waals surface area contributed by atoms with Crippen LogP contribution >= 0.6 is 0 Å². The van der Waals surface area contributed by atoms with Crippen LogP contribution in [0.4, 0.5) is 17.1 Å². The molecule has 4 rings (SSSR count). The second-order valence-electron chi connectivity index (χ2n) is 5.60. The van der Waals surface area contributed by atoms with Crippen molar-refractivity contribution in [1.82, 2.24) is 0 Å². The first-order valence-electron chi connectivity index (χ1n) is 7.89. The van der Waals surface area contributed by atoms with Gasteiger partial charge in [0.2, 0.25) is 0 Å². The van der Waals surface area contributed by atoms with Crippen molar-refractivity contribution >= 4 is 22.8 Å². The molecule has 0 saturated heterocycles. The molecular weight excluding hydrogens is 314 g/mol. The number of carbonyl (C=O) groups excluding carboxylic acids is 1. The monoisotopic (exact) mass is 329 g/mol. The first-order valence-corrected chi connectivity index (χ1v) is 7.89. The summed E-state index contributed by atoms with van der Waals surface area (Å²) in [4.78, 5) is 14.0. The summed E-state index contributed by atoms with van der Waals surface area (Å²) in [5.41, 5.74) is 3.32. The van der Waals surface area contributed by atoms with Crippen molar-refractivity contribution in [3.63, 3.8) is 0 Å². The summed E-state index contributed by atoms with van der Waals surface area (Å²) < 4.78 is 5.99. The highest BCUT2D eigenvalue weighted by Gasteiger charge is 2.25. The summed E-state index contributed by atoms with van der Waals surface area (Å²) in [5, 5.41) is 8.75. The number of nitrogens with zero attached hydrogens (tertiary/aromatic N) is 1. The molecule has 0 unspecified atom stereocenters. The van der Waals surface area contributed by atoms with Gasteiger partial charge >= 0.3 is 0 Å². The number of benzene rings is 3. The highest BCUT2D eigenvalue weighted by Crippen LogP contribution is 2.49. The zero-order chi connectivity index (χ0) is 17.2. The number of carbonyl (C=O) groups is 1. The third kappa shape index (κ3) is 2.64. The van der Waals surface area contributed by atoms with Gasteiger partial charge < -0.3 is 14.7 Å². The molecule has 25 heavy (non-hydrogen) atoms. The zero-order valence-corrected chi connectivity index (χ0v) is 13.3. The summed E-state index contributed by atoms with van der Waals surface area (Å²) >= 11 is 0. The van der Waals surface area contributed by atoms with E-state index in [-0.39, 0.29) is 5.78 Å². The average Bonchev–Trinajstić information content (AvgIpc) is 2.66. The number of ketones is 1. The minimum absolute atomic E-state index is 0.239. The van der Waals surface area contributed by atoms with E-state index in [0.29, 0.717) is 5.56 Å². The Kier molecular flexibility index (Phi) is 3.71. The Labute approximate surface area is 145 Å². The first-order chi connectivity index (χ1) is 12.3. The lowest BCUT2D eigenvalue weighted by Crippen LogP contribution is -2.15. The molecule has 1 aliphatic rings. The first kappa shape index (κ1) is 15.0. The topological polar surface area (TPSA) is 49.8 Å². The Balaban J connectivity index is 1.81. The summed E-state index contributed by atoms with van der Waals surface area (Å²) in [6, 6.07) is 22.9. The molecule has 0 fully saturated rings. The minimum atomic E-state index is -0.239. The van der Waals surface area contributed by atoms with E-state index in [0.717, 1.165) is 40.9 Å². The van der Waals surface area contributed by atoms with Crippen molar-refractivity contribution in [3.8, 4) is 11.5 Å². The lowest BCUT2D eigenvalue weighted by Gasteiger charge is -2.32. The number of hydrogen-bond donors (Lipinski definition) is 1. The number of anilines is 3. The molecule has 1 aliphatic heterocycles. The van der Waals surface area contributed by atoms with Gasteiger partial charge in [-0.15, -0.1) is 0 Å². The van der Waals surface area contributed by atoms with E-state index in [1.807, 2.05) is 60.7 Å². The lowest BCUT2D eigenvalue weighted by molar-refractivity contribution is 0.104. The van der Waals surface area contributed by atoms with E-state index in [9.17, 15) is 4.79 Å². The van der Waals surface area contributed by atoms with Crippen LogP contribution in [0.3, 0.4) is 0 Å². The fourth-order valence-electron chi connectivity index (χ4n) is 2.92. The predicted molar refractivity (Wildman–Crippen MR) is 97.3 cm³/mol. The molecule has 0 spiro atoms. The number of aliphatic hydroxyl groups excluding tert-OH is 1. The molecule has 0 radical (unpaired) electrons. The van der Waals surface area contributed by atoms with Crippen LogP contribution in [0.1, 0.15) is 10.4 Å². The maximum absolute atomic E-state index is 11.8. The van der Waals surface area contributed by atoms with Crippen LogP contribution in [0.15, 0.2) is 85.1 Å². The van der Waals surface area contributed by atoms with Gasteiger partial charge in [0.1, 0.15) is 0 Å². The Morgan fingerprint density at radius 2 is 1.40 bits per heavy atom. The summed E-state index contributed by atoms with van der Waals surface area (Å²) in [6.45, 7) is 0. The number of ether oxygens (including phenoxy) is 1. The largest absolute Gasteiger partial charge is 0.515 e. The van der Waals surface area contributed by atoms with Crippen molar-refractivity contribution in [1.29, 1.82) is 0 Å². The molecule has 3 aromatic carbocycles. The molecule has 0 bridgehead atoms. The third-order valence-electron chi connectivity index (χ3n) is 4.07. The molecule has 0 atom stereocenters. The van der Waals surface area contributed by atoms with Crippen LogP contribution in [0.5, 0.6) is 11.5 Å². The molecule has 0 aromatic heterocycles. The van der Waals surface area contributed by atoms with Crippen LogP contribution in [0.2, 0.25) is 0 Å². The highest BCUT2D eigenvalue weighted by atomic mass is 16.5. The Bertz CT molecular complexity index is 915. The molecule has 4 heteroatoms. The molecule has 0 saturated carbocycles. The molecule has 0 aliphatic carbocycles. The van der Waals surface area contributed by atoms with Gasteiger partial charge in [0.25, 0.3) is 0 Å². The second kappa shape index (κ2) is 6.17. The average molecular weight is 329 g/mol. The maximum atomic E-state index is 11.8. The predicted octanol–water partition coefficient (Wildman–Crippen LogP) is 5.52. The molecule has 4 nitrogen and oxygen atoms in total. The minimum Gasteiger partial charge on any atom is -0.515 e. The van der Waals surface area contributed by atoms with Crippen LogP contribution in [-0.4, -0.2) is 10.9 Å². The highest BCUT2D eigenvalue weighted by molar-refractivity contribution is 6.04. The van der Waals surface area contributed by atoms with Gasteiger partial charge in [0, 0.05) is 17.3 Å². The normalized spacial score (nSPS) is 12.4. The summed E-state index contributed by atoms with van der Waals surface area (Å²) in [5.74, 6) is 1.32. The van der Waals surface area contributed by atoms with Gasteiger partial charge in [-0.25, -0.2) is 0 Å². The van der Waals surface area contributed by atoms with E-state index in [1.54, 1.807) is 12.1 Å². The van der Waals surface area contributed by atoms with Crippen LogP contribution in [0, 0.1) is 0 Å². The van der Waals surface area contributed by atoms with E-state index in [1.165, 1.54) is 0 Å². The Morgan fingerprint density at radius 3 is 1.96 bits per heavy atom. The number of para-hydroxylation sites is 4. The van der Waals surface area contributed by atoms with Crippen molar-refractivity contribution in [3.05, 3.63) is 90.7 Å². The number of rotatable bonds is 3. The van der Waals surface area contributed by atoms with Crippen molar-refractivity contribution in [2.75, 3.05) is 4.90 Å². The van der Waals surface area contributed by atoms with E-state index in [4.69, 9.17) is 9.84 Å². The summed E-state index contributed by atoms with van der Waals surface area (Å²) in [7, 11) is 0. The quantitative estimate of drug-likeness (QED) is 0.305. The standard InChI is InChI=1S/C21H15NO3/c23-14-13-19(24)15-9-11-16(12-10-15)22-17-5-1-3-7-20(17)25-21-8-4-2-6-18(21)22/h1-14,23H. The van der Waals surface area contributed by atoms with Crippen LogP contribution < -0.4 is 9.64 Å². The number of hydrogen-bond acceptors (Lipinski definition) is 4. The lowest BCUT2D eigenvalue weighted by atomic mass is 10.1. The fourth-order valence-corrected chi connectivity index (χ4v) is 2.92. The Morgan fingerprint density at radius 1 is 0.840 bits per heavy atom. The molecule has 0 amide bonds. The summed E-state index contributed by atoms with van der Waals surface area (Å²) in [6.07, 6.45) is 1.89. The molecule has 122 valence electrons. The third-order valence-corrected chi connectivity index (χ3v) is 4.07. The van der Waals surface area contributed by atoms with Gasteiger partial charge in [-0.1, -0.05) is 24.3 Å². The number of fused-ring (bicyclic) bond motifs is 2. The number of aliphatic hydroxyl groups is 1. The van der Waals surface area contributed by atoms with Gasteiger partial charge in [-0.2, -0.15) is 0 Å². The maximum Gasteiger partial charge on any atom is 0.188 e. The molecule has 1 N–H and O–H groups in total. The zero-order valence-electron chi connectivity index (χ0n) is 13.3. The molecule has 1 heterocycles. The Hall–Kier alpha value is -3.53. The SMILES string of the molecule is O=C(C=CO)c1ccc(N2c3ccccc3Oc3ccccc32)cc1. The van der Waals surface area contributed by atoms with Gasteiger partial charge in [0.05, 0.1) is 17.6 Å². The van der Waals surface area contributed by atoms with Gasteiger partial charge in [-0.05, 0) is 48.5 Å². The van der Waals surface area contributed by atoms with Crippen LogP contribution in [-0.2, 0) is 0 Å². The van der Waals surface area contributed by atoms with Crippen molar-refractivity contribution < 1.29 is 14.6 Å². The van der Waals surface area contributed by atoms with Gasteiger partial charge in [-0.3, -0.25) is 4.79 Å². The van der Waals surface area contributed by atoms with Crippen LogP contribution in [0.25, 0.3) is 0 Å². The fraction of sp³-hybridized carbons (Fsp3) is 0. The van der Waals surface area contributed by atoms with E-state index in [2.05, 4.69) is 4.90 Å². The van der Waals surface area contributed by atoms with Crippen molar-refractivity contribution in [2.24, 2.45) is 0 Å². The molecule has 3 aromatic rings. The molecular formula is C21H15NO3. The van der Waals surface area contributed by atoms with Gasteiger partial charge in [0.15, 0.2) is 17.3 Å². The van der Waals surface area contributed by atoms with E-state index < -0.39 is 0 Å². The smallest absolute Gasteiger partial charge is 0.188 e.